The number of carbonyl (C=O) groups is 1. The summed E-state index contributed by atoms with van der Waals surface area (Å²) in [6, 6.07) is 9.53. The molecule has 0 aliphatic rings. The smallest absolute Gasteiger partial charge is 0.293 e. The van der Waals surface area contributed by atoms with Gasteiger partial charge in [0.2, 0.25) is 0 Å². The molecule has 9 nitrogen and oxygen atoms in total. The number of aromatic amines is 1. The zero-order valence-electron chi connectivity index (χ0n) is 13.9. The number of nitrogens with one attached hydrogen (secondary N) is 3. The van der Waals surface area contributed by atoms with Crippen LogP contribution in [0.4, 0.5) is 11.4 Å². The summed E-state index contributed by atoms with van der Waals surface area (Å²) in [5.41, 5.74) is 0.393. The molecule has 0 aliphatic heterocycles. The number of anilines is 1. The normalized spacial score (nSPS) is 10.6. The molecule has 3 aromatic rings. The van der Waals surface area contributed by atoms with Gasteiger partial charge in [0.25, 0.3) is 17.2 Å². The number of rotatable bonds is 6. The molecular formula is C17H14BrN5O4. The first kappa shape index (κ1) is 18.5. The molecule has 27 heavy (non-hydrogen) atoms. The maximum absolute atomic E-state index is 12.0. The van der Waals surface area contributed by atoms with Crippen LogP contribution in [-0.4, -0.2) is 33.9 Å². The highest BCUT2D eigenvalue weighted by Crippen LogP contribution is 2.27. The van der Waals surface area contributed by atoms with Gasteiger partial charge < -0.3 is 15.6 Å². The number of nitrogens with zero attached hydrogens (tertiary/aromatic N) is 2. The lowest BCUT2D eigenvalue weighted by Gasteiger charge is -2.09. The van der Waals surface area contributed by atoms with E-state index in [4.69, 9.17) is 0 Å². The summed E-state index contributed by atoms with van der Waals surface area (Å²) < 4.78 is 0.872. The van der Waals surface area contributed by atoms with Crippen molar-refractivity contribution >= 4 is 44.1 Å². The maximum atomic E-state index is 12.0. The van der Waals surface area contributed by atoms with Gasteiger partial charge in [-0.2, -0.15) is 0 Å². The third kappa shape index (κ3) is 4.29. The minimum atomic E-state index is -0.575. The standard InChI is InChI=1S/C17H14BrN5O4/c18-11-3-1-10(2-4-11)16(24)20-6-5-19-14-8-13-12(7-15(14)23(26)27)17(25)22-9-21-13/h1-4,7-9,19H,5-6H2,(H,20,24)(H,21,22,25). The van der Waals surface area contributed by atoms with E-state index in [0.29, 0.717) is 11.1 Å². The summed E-state index contributed by atoms with van der Waals surface area (Å²) in [6.45, 7) is 0.519. The Kier molecular flexibility index (Phi) is 5.46. The average Bonchev–Trinajstić information content (AvgIpc) is 2.65. The first-order chi connectivity index (χ1) is 13.0. The van der Waals surface area contributed by atoms with Gasteiger partial charge in [-0.05, 0) is 30.3 Å². The lowest BCUT2D eigenvalue weighted by molar-refractivity contribution is -0.383. The van der Waals surface area contributed by atoms with Crippen molar-refractivity contribution in [3.05, 3.63) is 73.2 Å². The SMILES string of the molecule is O=C(NCCNc1cc2nc[nH]c(=O)c2cc1[N+](=O)[O-])c1ccc(Br)cc1. The Morgan fingerprint density at radius 3 is 2.67 bits per heavy atom. The van der Waals surface area contributed by atoms with Gasteiger partial charge in [0.1, 0.15) is 5.69 Å². The number of hydrogen-bond donors (Lipinski definition) is 3. The number of H-pyrrole nitrogens is 1. The minimum Gasteiger partial charge on any atom is -0.378 e. The second-order valence-electron chi connectivity index (χ2n) is 5.56. The van der Waals surface area contributed by atoms with E-state index >= 15 is 0 Å². The lowest BCUT2D eigenvalue weighted by Crippen LogP contribution is -2.28. The van der Waals surface area contributed by atoms with Gasteiger partial charge in [0.15, 0.2) is 0 Å². The molecule has 0 atom stereocenters. The predicted octanol–water partition coefficient (Wildman–Crippen LogP) is 2.44. The molecule has 1 heterocycles. The molecule has 2 aromatic carbocycles. The number of amides is 1. The first-order valence-electron chi connectivity index (χ1n) is 7.89. The topological polar surface area (TPSA) is 130 Å². The molecule has 10 heteroatoms. The van der Waals surface area contributed by atoms with Crippen LogP contribution in [0, 0.1) is 10.1 Å². The van der Waals surface area contributed by atoms with Crippen molar-refractivity contribution in [1.82, 2.24) is 15.3 Å². The number of carbonyl (C=O) groups excluding carboxylic acids is 1. The quantitative estimate of drug-likeness (QED) is 0.312. The van der Waals surface area contributed by atoms with Crippen molar-refractivity contribution in [2.45, 2.75) is 0 Å². The summed E-state index contributed by atoms with van der Waals surface area (Å²) in [7, 11) is 0. The molecule has 0 bridgehead atoms. The van der Waals surface area contributed by atoms with E-state index < -0.39 is 10.5 Å². The second-order valence-corrected chi connectivity index (χ2v) is 6.48. The lowest BCUT2D eigenvalue weighted by atomic mass is 10.2. The van der Waals surface area contributed by atoms with E-state index in [1.807, 2.05) is 0 Å². The largest absolute Gasteiger partial charge is 0.378 e. The summed E-state index contributed by atoms with van der Waals surface area (Å²) in [4.78, 5) is 40.9. The summed E-state index contributed by atoms with van der Waals surface area (Å²) in [5, 5.41) is 17.1. The highest BCUT2D eigenvalue weighted by molar-refractivity contribution is 9.10. The van der Waals surface area contributed by atoms with E-state index in [1.165, 1.54) is 18.5 Å². The number of hydrogen-bond acceptors (Lipinski definition) is 6. The summed E-state index contributed by atoms with van der Waals surface area (Å²) >= 11 is 3.30. The van der Waals surface area contributed by atoms with Gasteiger partial charge in [-0.15, -0.1) is 0 Å². The second kappa shape index (κ2) is 7.96. The predicted molar refractivity (Wildman–Crippen MR) is 104 cm³/mol. The van der Waals surface area contributed by atoms with Gasteiger partial charge in [-0.1, -0.05) is 15.9 Å². The van der Waals surface area contributed by atoms with Crippen molar-refractivity contribution in [3.63, 3.8) is 0 Å². The minimum absolute atomic E-state index is 0.137. The third-order valence-electron chi connectivity index (χ3n) is 3.79. The van der Waals surface area contributed by atoms with Crippen LogP contribution in [0.25, 0.3) is 10.9 Å². The molecule has 0 saturated heterocycles. The fraction of sp³-hybridized carbons (Fsp3) is 0.118. The molecule has 0 unspecified atom stereocenters. The van der Waals surface area contributed by atoms with Crippen LogP contribution in [0.1, 0.15) is 10.4 Å². The van der Waals surface area contributed by atoms with Crippen LogP contribution < -0.4 is 16.2 Å². The van der Waals surface area contributed by atoms with Gasteiger partial charge in [-0.3, -0.25) is 19.7 Å². The third-order valence-corrected chi connectivity index (χ3v) is 4.32. The van der Waals surface area contributed by atoms with Crippen molar-refractivity contribution in [2.24, 2.45) is 0 Å². The van der Waals surface area contributed by atoms with Gasteiger partial charge >= 0.3 is 0 Å². The molecule has 1 amide bonds. The molecular weight excluding hydrogens is 418 g/mol. The Morgan fingerprint density at radius 2 is 1.96 bits per heavy atom. The number of halogens is 1. The molecule has 3 N–H and O–H groups in total. The van der Waals surface area contributed by atoms with Crippen LogP contribution in [0.15, 0.2) is 52.0 Å². The van der Waals surface area contributed by atoms with E-state index in [0.717, 1.165) is 4.47 Å². The molecule has 0 spiro atoms. The average molecular weight is 432 g/mol. The highest BCUT2D eigenvalue weighted by atomic mass is 79.9. The van der Waals surface area contributed by atoms with E-state index in [9.17, 15) is 19.7 Å². The van der Waals surface area contributed by atoms with Crippen molar-refractivity contribution in [2.75, 3.05) is 18.4 Å². The van der Waals surface area contributed by atoms with E-state index in [1.54, 1.807) is 24.3 Å². The number of fused-ring (bicyclic) bond motifs is 1. The monoisotopic (exact) mass is 431 g/mol. The molecule has 3 rings (SSSR count). The van der Waals surface area contributed by atoms with Crippen molar-refractivity contribution in [3.8, 4) is 0 Å². The zero-order chi connectivity index (χ0) is 19.4. The fourth-order valence-electron chi connectivity index (χ4n) is 2.47. The molecule has 0 aliphatic carbocycles. The molecule has 1 aromatic heterocycles. The van der Waals surface area contributed by atoms with Crippen molar-refractivity contribution < 1.29 is 9.72 Å². The van der Waals surface area contributed by atoms with E-state index in [2.05, 4.69) is 36.5 Å². The van der Waals surface area contributed by atoms with Crippen molar-refractivity contribution in [1.29, 1.82) is 0 Å². The zero-order valence-corrected chi connectivity index (χ0v) is 15.4. The maximum Gasteiger partial charge on any atom is 0.293 e. The molecule has 0 saturated carbocycles. The van der Waals surface area contributed by atoms with Gasteiger partial charge in [-0.25, -0.2) is 4.98 Å². The van der Waals surface area contributed by atoms with Crippen LogP contribution in [0.3, 0.4) is 0 Å². The summed E-state index contributed by atoms with van der Waals surface area (Å²) in [6.07, 6.45) is 1.23. The molecule has 0 radical (unpaired) electrons. The number of nitro groups is 1. The Hall–Kier alpha value is -3.27. The van der Waals surface area contributed by atoms with Crippen LogP contribution in [-0.2, 0) is 0 Å². The fourth-order valence-corrected chi connectivity index (χ4v) is 2.74. The Balaban J connectivity index is 1.68. The first-order valence-corrected chi connectivity index (χ1v) is 8.68. The van der Waals surface area contributed by atoms with E-state index in [-0.39, 0.29) is 35.8 Å². The highest BCUT2D eigenvalue weighted by Gasteiger charge is 2.17. The number of aromatic nitrogens is 2. The Labute approximate surface area is 161 Å². The van der Waals surface area contributed by atoms with Gasteiger partial charge in [0, 0.05) is 29.2 Å². The van der Waals surface area contributed by atoms with Crippen LogP contribution >= 0.6 is 15.9 Å². The van der Waals surface area contributed by atoms with Crippen LogP contribution in [0.5, 0.6) is 0 Å². The Bertz CT molecular complexity index is 1070. The van der Waals surface area contributed by atoms with Crippen LogP contribution in [0.2, 0.25) is 0 Å². The van der Waals surface area contributed by atoms with Gasteiger partial charge in [0.05, 0.1) is 22.2 Å². The summed E-state index contributed by atoms with van der Waals surface area (Å²) in [5.74, 6) is -0.245. The molecule has 138 valence electrons. The number of nitro benzene ring substituents is 1. The Morgan fingerprint density at radius 1 is 1.22 bits per heavy atom. The molecule has 0 fully saturated rings. The number of benzene rings is 2.